The van der Waals surface area contributed by atoms with Crippen molar-refractivity contribution in [3.8, 4) is 5.75 Å². The van der Waals surface area contributed by atoms with E-state index in [1.165, 1.54) is 19.2 Å². The molecule has 1 amide bonds. The van der Waals surface area contributed by atoms with Crippen LogP contribution in [0.5, 0.6) is 5.75 Å². The molecular formula is C13H17F3N2O2. The number of phenolic OH excluding ortho intramolecular Hbond substituents is 1. The zero-order chi connectivity index (χ0) is 15.3. The minimum Gasteiger partial charge on any atom is -0.508 e. The quantitative estimate of drug-likeness (QED) is 0.867. The van der Waals surface area contributed by atoms with Crippen molar-refractivity contribution in [2.45, 2.75) is 25.1 Å². The third-order valence-corrected chi connectivity index (χ3v) is 2.82. The van der Waals surface area contributed by atoms with E-state index >= 15 is 0 Å². The average Bonchev–Trinajstić information content (AvgIpc) is 2.36. The molecule has 0 aliphatic heterocycles. The van der Waals surface area contributed by atoms with Crippen molar-refractivity contribution < 1.29 is 23.1 Å². The second-order valence-electron chi connectivity index (χ2n) is 4.60. The van der Waals surface area contributed by atoms with Gasteiger partial charge in [-0.05, 0) is 24.1 Å². The summed E-state index contributed by atoms with van der Waals surface area (Å²) in [7, 11) is 1.30. The van der Waals surface area contributed by atoms with Gasteiger partial charge < -0.3 is 15.7 Å². The Balaban J connectivity index is 2.51. The second-order valence-corrected chi connectivity index (χ2v) is 4.60. The number of amides is 1. The molecular weight excluding hydrogens is 273 g/mol. The molecule has 0 saturated carbocycles. The predicted molar refractivity (Wildman–Crippen MR) is 68.1 cm³/mol. The van der Waals surface area contributed by atoms with E-state index < -0.39 is 31.1 Å². The van der Waals surface area contributed by atoms with E-state index in [1.807, 2.05) is 0 Å². The van der Waals surface area contributed by atoms with E-state index in [9.17, 15) is 18.0 Å². The number of nitrogens with zero attached hydrogens (tertiary/aromatic N) is 1. The molecule has 0 bridgehead atoms. The molecule has 1 rings (SSSR count). The van der Waals surface area contributed by atoms with E-state index in [0.717, 1.165) is 10.5 Å². The van der Waals surface area contributed by atoms with Crippen LogP contribution in [0.25, 0.3) is 0 Å². The summed E-state index contributed by atoms with van der Waals surface area (Å²) in [6.07, 6.45) is -5.15. The van der Waals surface area contributed by atoms with E-state index in [1.54, 1.807) is 12.1 Å². The Morgan fingerprint density at radius 1 is 1.35 bits per heavy atom. The Bertz CT molecular complexity index is 446. The Morgan fingerprint density at radius 3 is 2.40 bits per heavy atom. The van der Waals surface area contributed by atoms with Gasteiger partial charge in [0, 0.05) is 13.6 Å². The number of hydrogen-bond donors (Lipinski definition) is 2. The maximum atomic E-state index is 12.1. The Morgan fingerprint density at radius 2 is 1.90 bits per heavy atom. The van der Waals surface area contributed by atoms with Crippen LogP contribution in [0.3, 0.4) is 0 Å². The van der Waals surface area contributed by atoms with Gasteiger partial charge in [0.1, 0.15) is 5.75 Å². The van der Waals surface area contributed by atoms with Crippen LogP contribution in [0.15, 0.2) is 24.3 Å². The molecule has 1 atom stereocenters. The molecule has 0 unspecified atom stereocenters. The molecule has 20 heavy (non-hydrogen) atoms. The predicted octanol–water partition coefficient (Wildman–Crippen LogP) is 1.67. The van der Waals surface area contributed by atoms with Gasteiger partial charge in [-0.25, -0.2) is 0 Å². The minimum absolute atomic E-state index is 0.0935. The van der Waals surface area contributed by atoms with Crippen molar-refractivity contribution in [1.82, 2.24) is 4.90 Å². The SMILES string of the molecule is CN(CCC(F)(F)F)C(=O)[C@H](N)Cc1ccc(O)cc1. The van der Waals surface area contributed by atoms with E-state index in [4.69, 9.17) is 10.8 Å². The van der Waals surface area contributed by atoms with E-state index in [2.05, 4.69) is 0 Å². The minimum atomic E-state index is -4.30. The topological polar surface area (TPSA) is 66.6 Å². The number of aromatic hydroxyl groups is 1. The van der Waals surface area contributed by atoms with Crippen LogP contribution in [0.2, 0.25) is 0 Å². The van der Waals surface area contributed by atoms with Gasteiger partial charge in [-0.2, -0.15) is 13.2 Å². The van der Waals surface area contributed by atoms with Gasteiger partial charge in [0.15, 0.2) is 0 Å². The van der Waals surface area contributed by atoms with Gasteiger partial charge in [0.05, 0.1) is 12.5 Å². The lowest BCUT2D eigenvalue weighted by molar-refractivity contribution is -0.144. The van der Waals surface area contributed by atoms with Crippen LogP contribution in [-0.2, 0) is 11.2 Å². The van der Waals surface area contributed by atoms with Gasteiger partial charge in [-0.15, -0.1) is 0 Å². The highest BCUT2D eigenvalue weighted by Gasteiger charge is 2.29. The van der Waals surface area contributed by atoms with Crippen LogP contribution < -0.4 is 5.73 Å². The summed E-state index contributed by atoms with van der Waals surface area (Å²) in [5.74, 6) is -0.446. The molecule has 3 N–H and O–H groups in total. The van der Waals surface area contributed by atoms with Crippen molar-refractivity contribution in [2.24, 2.45) is 5.73 Å². The summed E-state index contributed by atoms with van der Waals surface area (Å²) < 4.78 is 36.2. The first-order chi connectivity index (χ1) is 9.19. The number of rotatable bonds is 5. The third kappa shape index (κ3) is 5.48. The van der Waals surface area contributed by atoms with Gasteiger partial charge in [-0.1, -0.05) is 12.1 Å². The average molecular weight is 290 g/mol. The Hall–Kier alpha value is -1.76. The van der Waals surface area contributed by atoms with Crippen LogP contribution in [0.1, 0.15) is 12.0 Å². The number of hydrogen-bond acceptors (Lipinski definition) is 3. The maximum absolute atomic E-state index is 12.1. The van der Waals surface area contributed by atoms with Crippen LogP contribution >= 0.6 is 0 Å². The first-order valence-electron chi connectivity index (χ1n) is 6.04. The van der Waals surface area contributed by atoms with Crippen molar-refractivity contribution in [1.29, 1.82) is 0 Å². The lowest BCUT2D eigenvalue weighted by Crippen LogP contribution is -2.44. The molecule has 1 aromatic carbocycles. The standard InChI is InChI=1S/C13H17F3N2O2/c1-18(7-6-13(14,15)16)12(20)11(17)8-9-2-4-10(19)5-3-9/h2-5,11,19H,6-8,17H2,1H3/t11-/m1/s1. The summed E-state index contributed by atoms with van der Waals surface area (Å²) in [5.41, 5.74) is 6.42. The highest BCUT2D eigenvalue weighted by Crippen LogP contribution is 2.19. The van der Waals surface area contributed by atoms with Gasteiger partial charge >= 0.3 is 6.18 Å². The fraction of sp³-hybridized carbons (Fsp3) is 0.462. The van der Waals surface area contributed by atoms with Gasteiger partial charge in [0.2, 0.25) is 5.91 Å². The van der Waals surface area contributed by atoms with Crippen molar-refractivity contribution in [3.05, 3.63) is 29.8 Å². The summed E-state index contributed by atoms with van der Waals surface area (Å²) in [6, 6.07) is 5.23. The molecule has 0 saturated heterocycles. The number of phenols is 1. The lowest BCUT2D eigenvalue weighted by atomic mass is 10.1. The number of carbonyl (C=O) groups is 1. The summed E-state index contributed by atoms with van der Waals surface area (Å²) in [6.45, 7) is -0.411. The monoisotopic (exact) mass is 290 g/mol. The molecule has 4 nitrogen and oxygen atoms in total. The number of benzene rings is 1. The summed E-state index contributed by atoms with van der Waals surface area (Å²) in [4.78, 5) is 12.8. The van der Waals surface area contributed by atoms with Gasteiger partial charge in [0.25, 0.3) is 0 Å². The highest BCUT2D eigenvalue weighted by molar-refractivity contribution is 5.81. The highest BCUT2D eigenvalue weighted by atomic mass is 19.4. The smallest absolute Gasteiger partial charge is 0.390 e. The Kier molecular flexibility index (Phi) is 5.38. The molecule has 1 aromatic rings. The molecule has 0 aliphatic carbocycles. The fourth-order valence-corrected chi connectivity index (χ4v) is 1.66. The largest absolute Gasteiger partial charge is 0.508 e. The second kappa shape index (κ2) is 6.60. The first-order valence-corrected chi connectivity index (χ1v) is 6.04. The molecule has 112 valence electrons. The maximum Gasteiger partial charge on any atom is 0.390 e. The molecule has 0 radical (unpaired) electrons. The van der Waals surface area contributed by atoms with E-state index in [-0.39, 0.29) is 12.2 Å². The van der Waals surface area contributed by atoms with Crippen LogP contribution in [0.4, 0.5) is 13.2 Å². The van der Waals surface area contributed by atoms with Crippen molar-refractivity contribution in [3.63, 3.8) is 0 Å². The molecule has 0 spiro atoms. The summed E-state index contributed by atoms with van der Waals surface area (Å²) in [5, 5.41) is 9.12. The first kappa shape index (κ1) is 16.3. The lowest BCUT2D eigenvalue weighted by Gasteiger charge is -2.22. The normalized spacial score (nSPS) is 13.1. The zero-order valence-electron chi connectivity index (χ0n) is 11.0. The number of nitrogens with two attached hydrogens (primary N) is 1. The van der Waals surface area contributed by atoms with Crippen molar-refractivity contribution in [2.75, 3.05) is 13.6 Å². The summed E-state index contributed by atoms with van der Waals surface area (Å²) >= 11 is 0. The number of likely N-dealkylation sites (N-methyl/N-ethyl adjacent to an activating group) is 1. The number of alkyl halides is 3. The molecule has 0 heterocycles. The zero-order valence-corrected chi connectivity index (χ0v) is 11.0. The van der Waals surface area contributed by atoms with Crippen LogP contribution in [0, 0.1) is 0 Å². The van der Waals surface area contributed by atoms with Crippen molar-refractivity contribution >= 4 is 5.91 Å². The van der Waals surface area contributed by atoms with Gasteiger partial charge in [-0.3, -0.25) is 4.79 Å². The Labute approximate surface area is 115 Å². The van der Waals surface area contributed by atoms with E-state index in [0.29, 0.717) is 0 Å². The molecule has 0 aromatic heterocycles. The number of carbonyl (C=O) groups excluding carboxylic acids is 1. The van der Waals surface area contributed by atoms with Crippen LogP contribution in [-0.4, -0.2) is 41.7 Å². The molecule has 0 fully saturated rings. The third-order valence-electron chi connectivity index (χ3n) is 2.82. The molecule has 0 aliphatic rings. The number of halogens is 3. The fourth-order valence-electron chi connectivity index (χ4n) is 1.66. The molecule has 7 heteroatoms.